The highest BCUT2D eigenvalue weighted by Gasteiger charge is 2.41. The summed E-state index contributed by atoms with van der Waals surface area (Å²) in [6, 6.07) is -0.465. The summed E-state index contributed by atoms with van der Waals surface area (Å²) >= 11 is 0. The summed E-state index contributed by atoms with van der Waals surface area (Å²) in [5.74, 6) is 0.0859. The van der Waals surface area contributed by atoms with E-state index in [2.05, 4.69) is 0 Å². The molecule has 2 atom stereocenters. The average Bonchev–Trinajstić information content (AvgIpc) is 3.04. The van der Waals surface area contributed by atoms with Crippen LogP contribution in [0.1, 0.15) is 39.0 Å². The van der Waals surface area contributed by atoms with Crippen molar-refractivity contribution >= 4 is 15.9 Å². The highest BCUT2D eigenvalue weighted by molar-refractivity contribution is 7.89. The molecule has 0 bridgehead atoms. The predicted octanol–water partition coefficient (Wildman–Crippen LogP) is 0.140. The second kappa shape index (κ2) is 6.41. The fraction of sp³-hybridized carbons (Fsp3) is 0.923. The molecule has 2 heterocycles. The summed E-state index contributed by atoms with van der Waals surface area (Å²) in [6.07, 6.45) is 3.69. The first-order valence-electron chi connectivity index (χ1n) is 7.49. The third kappa shape index (κ3) is 3.32. The summed E-state index contributed by atoms with van der Waals surface area (Å²) in [6.45, 7) is 3.65. The van der Waals surface area contributed by atoms with Crippen LogP contribution in [-0.4, -0.2) is 61.0 Å². The Hall–Kier alpha value is -0.660. The number of rotatable bonds is 5. The molecule has 0 radical (unpaired) electrons. The van der Waals surface area contributed by atoms with Gasteiger partial charge in [0.15, 0.2) is 0 Å². The Kier molecular flexibility index (Phi) is 5.04. The van der Waals surface area contributed by atoms with Crippen molar-refractivity contribution in [1.29, 1.82) is 0 Å². The lowest BCUT2D eigenvalue weighted by Crippen LogP contribution is -2.48. The van der Waals surface area contributed by atoms with Crippen molar-refractivity contribution in [3.8, 4) is 0 Å². The zero-order chi connectivity index (χ0) is 14.8. The Morgan fingerprint density at radius 3 is 2.65 bits per heavy atom. The van der Waals surface area contributed by atoms with E-state index in [-0.39, 0.29) is 17.7 Å². The lowest BCUT2D eigenvalue weighted by Gasteiger charge is -2.27. The van der Waals surface area contributed by atoms with Crippen molar-refractivity contribution in [2.24, 2.45) is 5.73 Å². The molecule has 0 aromatic carbocycles. The third-order valence-electron chi connectivity index (χ3n) is 4.14. The van der Waals surface area contributed by atoms with Crippen LogP contribution in [0.25, 0.3) is 0 Å². The minimum atomic E-state index is -3.30. The van der Waals surface area contributed by atoms with E-state index in [1.165, 1.54) is 4.31 Å². The second-order valence-electron chi connectivity index (χ2n) is 5.77. The van der Waals surface area contributed by atoms with Crippen molar-refractivity contribution < 1.29 is 13.2 Å². The van der Waals surface area contributed by atoms with E-state index in [0.29, 0.717) is 32.5 Å². The molecule has 0 aliphatic carbocycles. The number of hydrogen-bond donors (Lipinski definition) is 1. The van der Waals surface area contributed by atoms with Crippen LogP contribution in [0.15, 0.2) is 0 Å². The lowest BCUT2D eigenvalue weighted by molar-refractivity contribution is -0.133. The number of carbonyl (C=O) groups is 1. The first-order chi connectivity index (χ1) is 9.45. The van der Waals surface area contributed by atoms with E-state index >= 15 is 0 Å². The monoisotopic (exact) mass is 303 g/mol. The van der Waals surface area contributed by atoms with Gasteiger partial charge in [-0.3, -0.25) is 4.79 Å². The zero-order valence-corrected chi connectivity index (χ0v) is 12.9. The highest BCUT2D eigenvalue weighted by Crippen LogP contribution is 2.25. The summed E-state index contributed by atoms with van der Waals surface area (Å²) in [4.78, 5) is 14.2. The number of unbranched alkanes of at least 4 members (excludes halogenated alkanes) is 1. The molecular weight excluding hydrogens is 278 g/mol. The molecule has 0 aromatic heterocycles. The smallest absolute Gasteiger partial charge is 0.241 e. The van der Waals surface area contributed by atoms with Gasteiger partial charge >= 0.3 is 0 Å². The van der Waals surface area contributed by atoms with E-state index < -0.39 is 16.1 Å². The molecule has 2 fully saturated rings. The van der Waals surface area contributed by atoms with Crippen LogP contribution in [0.3, 0.4) is 0 Å². The standard InChI is InChI=1S/C13H25N3O3S/c1-2-3-9-20(18,19)16-7-4-5-12(16)13(17)15-8-6-11(14)10-15/h11-12H,2-10,14H2,1H3/t11-,12?/m1/s1. The highest BCUT2D eigenvalue weighted by atomic mass is 32.2. The van der Waals surface area contributed by atoms with Gasteiger partial charge in [-0.15, -0.1) is 0 Å². The molecule has 1 amide bonds. The zero-order valence-electron chi connectivity index (χ0n) is 12.1. The Morgan fingerprint density at radius 2 is 2.05 bits per heavy atom. The number of carbonyl (C=O) groups excluding carboxylic acids is 1. The van der Waals surface area contributed by atoms with Crippen LogP contribution >= 0.6 is 0 Å². The van der Waals surface area contributed by atoms with E-state index in [1.807, 2.05) is 6.92 Å². The van der Waals surface area contributed by atoms with Crippen molar-refractivity contribution in [1.82, 2.24) is 9.21 Å². The summed E-state index contributed by atoms with van der Waals surface area (Å²) < 4.78 is 26.1. The maximum atomic E-state index is 12.5. The van der Waals surface area contributed by atoms with Gasteiger partial charge in [0.05, 0.1) is 5.75 Å². The number of nitrogens with two attached hydrogens (primary N) is 1. The maximum absolute atomic E-state index is 12.5. The molecule has 1 unspecified atom stereocenters. The van der Waals surface area contributed by atoms with Gasteiger partial charge in [0.2, 0.25) is 15.9 Å². The van der Waals surface area contributed by atoms with Gasteiger partial charge < -0.3 is 10.6 Å². The van der Waals surface area contributed by atoms with E-state index in [1.54, 1.807) is 4.90 Å². The minimum absolute atomic E-state index is 0.0329. The summed E-state index contributed by atoms with van der Waals surface area (Å²) in [7, 11) is -3.30. The number of sulfonamides is 1. The number of nitrogens with zero attached hydrogens (tertiary/aromatic N) is 2. The predicted molar refractivity (Wildman–Crippen MR) is 77.6 cm³/mol. The Bertz CT molecular complexity index is 452. The van der Waals surface area contributed by atoms with Crippen molar-refractivity contribution in [3.05, 3.63) is 0 Å². The average molecular weight is 303 g/mol. The molecule has 6 nitrogen and oxygen atoms in total. The Morgan fingerprint density at radius 1 is 1.30 bits per heavy atom. The molecule has 2 aliphatic heterocycles. The fourth-order valence-corrected chi connectivity index (χ4v) is 4.84. The van der Waals surface area contributed by atoms with Crippen LogP contribution in [0.5, 0.6) is 0 Å². The van der Waals surface area contributed by atoms with Gasteiger partial charge in [-0.2, -0.15) is 4.31 Å². The van der Waals surface area contributed by atoms with E-state index in [0.717, 1.165) is 19.3 Å². The first-order valence-corrected chi connectivity index (χ1v) is 9.10. The summed E-state index contributed by atoms with van der Waals surface area (Å²) in [5, 5.41) is 0. The molecule has 20 heavy (non-hydrogen) atoms. The molecule has 7 heteroatoms. The van der Waals surface area contributed by atoms with E-state index in [9.17, 15) is 13.2 Å². The van der Waals surface area contributed by atoms with Gasteiger partial charge in [-0.25, -0.2) is 8.42 Å². The molecule has 0 spiro atoms. The normalized spacial score (nSPS) is 28.2. The molecule has 0 aromatic rings. The number of amides is 1. The second-order valence-corrected chi connectivity index (χ2v) is 7.81. The Labute approximate surface area is 121 Å². The van der Waals surface area contributed by atoms with Crippen molar-refractivity contribution in [2.45, 2.75) is 51.1 Å². The molecule has 2 rings (SSSR count). The van der Waals surface area contributed by atoms with Crippen LogP contribution in [0.2, 0.25) is 0 Å². The van der Waals surface area contributed by atoms with Crippen LogP contribution in [0, 0.1) is 0 Å². The molecule has 2 aliphatic rings. The van der Waals surface area contributed by atoms with Crippen molar-refractivity contribution in [3.63, 3.8) is 0 Å². The number of hydrogen-bond acceptors (Lipinski definition) is 4. The minimum Gasteiger partial charge on any atom is -0.340 e. The third-order valence-corrected chi connectivity index (χ3v) is 6.09. The van der Waals surface area contributed by atoms with Gasteiger partial charge in [0.1, 0.15) is 6.04 Å². The van der Waals surface area contributed by atoms with Crippen molar-refractivity contribution in [2.75, 3.05) is 25.4 Å². The SMILES string of the molecule is CCCCS(=O)(=O)N1CCCC1C(=O)N1CC[C@@H](N)C1. The van der Waals surface area contributed by atoms with Gasteiger partial charge in [0, 0.05) is 25.7 Å². The molecule has 2 N–H and O–H groups in total. The number of likely N-dealkylation sites (tertiary alicyclic amines) is 1. The fourth-order valence-electron chi connectivity index (χ4n) is 2.96. The molecule has 116 valence electrons. The summed E-state index contributed by atoms with van der Waals surface area (Å²) in [5.41, 5.74) is 5.82. The molecule has 2 saturated heterocycles. The lowest BCUT2D eigenvalue weighted by atomic mass is 10.2. The maximum Gasteiger partial charge on any atom is 0.241 e. The van der Waals surface area contributed by atoms with Gasteiger partial charge in [-0.05, 0) is 25.7 Å². The van der Waals surface area contributed by atoms with Gasteiger partial charge in [0.25, 0.3) is 0 Å². The molecule has 0 saturated carbocycles. The molecular formula is C13H25N3O3S. The van der Waals surface area contributed by atoms with Gasteiger partial charge in [-0.1, -0.05) is 13.3 Å². The quantitative estimate of drug-likeness (QED) is 0.783. The Balaban J connectivity index is 2.05. The largest absolute Gasteiger partial charge is 0.340 e. The van der Waals surface area contributed by atoms with Crippen LogP contribution < -0.4 is 5.73 Å². The van der Waals surface area contributed by atoms with Crippen LogP contribution in [0.4, 0.5) is 0 Å². The van der Waals surface area contributed by atoms with E-state index in [4.69, 9.17) is 5.73 Å². The van der Waals surface area contributed by atoms with Crippen LogP contribution in [-0.2, 0) is 14.8 Å². The first kappa shape index (κ1) is 15.7. The topological polar surface area (TPSA) is 83.7 Å².